The summed E-state index contributed by atoms with van der Waals surface area (Å²) in [5.74, 6) is 1.45. The molecule has 0 radical (unpaired) electrons. The van der Waals surface area contributed by atoms with Crippen LogP contribution >= 0.6 is 0 Å². The summed E-state index contributed by atoms with van der Waals surface area (Å²) >= 11 is 0. The van der Waals surface area contributed by atoms with Gasteiger partial charge in [0.15, 0.2) is 0 Å². The van der Waals surface area contributed by atoms with E-state index in [4.69, 9.17) is 0 Å². The Labute approximate surface area is 138 Å². The summed E-state index contributed by atoms with van der Waals surface area (Å²) in [6.45, 7) is 11.5. The smallest absolute Gasteiger partial charge is 0.226 e. The average Bonchev–Trinajstić information content (AvgIpc) is 2.48. The highest BCUT2D eigenvalue weighted by molar-refractivity contribution is 5.80. The molecule has 3 unspecified atom stereocenters. The van der Waals surface area contributed by atoms with Crippen molar-refractivity contribution in [3.8, 4) is 0 Å². The Morgan fingerprint density at radius 1 is 1.23 bits per heavy atom. The van der Waals surface area contributed by atoms with Crippen LogP contribution in [0.3, 0.4) is 0 Å². The molecule has 0 spiro atoms. The van der Waals surface area contributed by atoms with Gasteiger partial charge in [-0.05, 0) is 57.3 Å². The molecule has 1 saturated carbocycles. The van der Waals surface area contributed by atoms with Crippen LogP contribution in [0.15, 0.2) is 0 Å². The second-order valence-electron chi connectivity index (χ2n) is 8.86. The lowest BCUT2D eigenvalue weighted by atomic mass is 9.70. The lowest BCUT2D eigenvalue weighted by molar-refractivity contribution is -0.149. The Morgan fingerprint density at radius 2 is 1.95 bits per heavy atom. The molecule has 1 aliphatic carbocycles. The van der Waals surface area contributed by atoms with Crippen LogP contribution in [0.2, 0.25) is 0 Å². The van der Waals surface area contributed by atoms with Crippen LogP contribution in [0.5, 0.6) is 0 Å². The molecule has 0 aromatic heterocycles. The maximum Gasteiger partial charge on any atom is 0.226 e. The number of carbonyl (C=O) groups is 1. The lowest BCUT2D eigenvalue weighted by Gasteiger charge is -2.48. The van der Waals surface area contributed by atoms with Crippen molar-refractivity contribution in [3.63, 3.8) is 0 Å². The first kappa shape index (κ1) is 17.8. The zero-order chi connectivity index (χ0) is 16.3. The Bertz CT molecular complexity index is 374. The molecule has 2 rings (SSSR count). The van der Waals surface area contributed by atoms with Crippen LogP contribution in [-0.4, -0.2) is 22.9 Å². The third-order valence-corrected chi connectivity index (χ3v) is 5.95. The van der Waals surface area contributed by atoms with E-state index in [0.717, 1.165) is 19.3 Å². The molecule has 0 bridgehead atoms. The molecule has 128 valence electrons. The molecule has 22 heavy (non-hydrogen) atoms. The van der Waals surface area contributed by atoms with E-state index in [9.17, 15) is 4.79 Å². The van der Waals surface area contributed by atoms with E-state index in [1.807, 2.05) is 0 Å². The first-order valence-electron chi connectivity index (χ1n) is 9.68. The minimum atomic E-state index is 0.283. The summed E-state index contributed by atoms with van der Waals surface area (Å²) in [5, 5.41) is 0. The van der Waals surface area contributed by atoms with E-state index in [0.29, 0.717) is 29.3 Å². The number of hydrogen-bond donors (Lipinski definition) is 0. The van der Waals surface area contributed by atoms with E-state index in [2.05, 4.69) is 39.5 Å². The molecular weight excluding hydrogens is 270 g/mol. The summed E-state index contributed by atoms with van der Waals surface area (Å²) < 4.78 is 0. The van der Waals surface area contributed by atoms with Gasteiger partial charge < -0.3 is 4.90 Å². The van der Waals surface area contributed by atoms with Crippen molar-refractivity contribution in [3.05, 3.63) is 0 Å². The van der Waals surface area contributed by atoms with Gasteiger partial charge in [0.25, 0.3) is 0 Å². The Balaban J connectivity index is 2.27. The summed E-state index contributed by atoms with van der Waals surface area (Å²) in [6, 6.07) is 0.849. The molecule has 2 nitrogen and oxygen atoms in total. The van der Waals surface area contributed by atoms with Crippen molar-refractivity contribution in [2.75, 3.05) is 0 Å². The third-order valence-electron chi connectivity index (χ3n) is 5.95. The lowest BCUT2D eigenvalue weighted by Crippen LogP contribution is -2.55. The minimum absolute atomic E-state index is 0.283. The number of amides is 1. The molecule has 0 aromatic carbocycles. The zero-order valence-corrected chi connectivity index (χ0v) is 15.5. The highest BCUT2D eigenvalue weighted by atomic mass is 16.2. The van der Waals surface area contributed by atoms with Crippen LogP contribution < -0.4 is 0 Å². The summed E-state index contributed by atoms with van der Waals surface area (Å²) in [4.78, 5) is 15.3. The first-order chi connectivity index (χ1) is 10.4. The Hall–Kier alpha value is -0.530. The van der Waals surface area contributed by atoms with Crippen molar-refractivity contribution in [1.82, 2.24) is 4.90 Å². The first-order valence-corrected chi connectivity index (χ1v) is 9.68. The predicted octanol–water partition coefficient (Wildman–Crippen LogP) is 5.41. The fourth-order valence-corrected chi connectivity index (χ4v) is 4.99. The molecule has 1 saturated heterocycles. The van der Waals surface area contributed by atoms with Gasteiger partial charge in [-0.25, -0.2) is 0 Å². The Kier molecular flexibility index (Phi) is 5.96. The number of likely N-dealkylation sites (tertiary alicyclic amines) is 1. The van der Waals surface area contributed by atoms with E-state index in [1.54, 1.807) is 0 Å². The number of carbonyl (C=O) groups excluding carboxylic acids is 1. The van der Waals surface area contributed by atoms with E-state index < -0.39 is 0 Å². The highest BCUT2D eigenvalue weighted by Gasteiger charge is 2.43. The molecular formula is C20H37NO. The van der Waals surface area contributed by atoms with Crippen LogP contribution in [0.25, 0.3) is 0 Å². The normalized spacial score (nSPS) is 33.1. The van der Waals surface area contributed by atoms with Gasteiger partial charge in [0.2, 0.25) is 5.91 Å². The van der Waals surface area contributed by atoms with E-state index in [1.165, 1.54) is 38.5 Å². The number of fused-ring (bicyclic) bond motifs is 1. The summed E-state index contributed by atoms with van der Waals surface area (Å²) in [6.07, 6.45) is 11.2. The highest BCUT2D eigenvalue weighted by Crippen LogP contribution is 2.43. The van der Waals surface area contributed by atoms with Crippen molar-refractivity contribution in [2.24, 2.45) is 17.3 Å². The van der Waals surface area contributed by atoms with Gasteiger partial charge in [-0.15, -0.1) is 0 Å². The van der Waals surface area contributed by atoms with Gasteiger partial charge in [0.1, 0.15) is 0 Å². The van der Waals surface area contributed by atoms with Crippen LogP contribution in [0, 0.1) is 17.3 Å². The SMILES string of the molecule is CCCC1CC2CC(C)(C)CCCCCC2N(C(C)C)C1=O. The largest absolute Gasteiger partial charge is 0.337 e. The maximum absolute atomic E-state index is 13.0. The standard InChI is InChI=1S/C20H37NO/c1-6-10-16-13-17-14-20(4,5)12-9-7-8-11-18(17)21(15(2)3)19(16)22/h15-18H,6-14H2,1-5H3. The second-order valence-corrected chi connectivity index (χ2v) is 8.86. The fraction of sp³-hybridized carbons (Fsp3) is 0.950. The molecule has 2 fully saturated rings. The molecule has 1 amide bonds. The summed E-state index contributed by atoms with van der Waals surface area (Å²) in [5.41, 5.74) is 0.438. The van der Waals surface area contributed by atoms with Crippen LogP contribution in [0.1, 0.15) is 92.4 Å². The van der Waals surface area contributed by atoms with Crippen LogP contribution in [0.4, 0.5) is 0 Å². The Morgan fingerprint density at radius 3 is 2.59 bits per heavy atom. The molecule has 1 heterocycles. The van der Waals surface area contributed by atoms with Crippen molar-refractivity contribution >= 4 is 5.91 Å². The van der Waals surface area contributed by atoms with Gasteiger partial charge in [-0.3, -0.25) is 4.79 Å². The number of hydrogen-bond acceptors (Lipinski definition) is 1. The molecule has 2 aliphatic rings. The average molecular weight is 308 g/mol. The molecule has 1 aliphatic heterocycles. The van der Waals surface area contributed by atoms with Gasteiger partial charge in [0.05, 0.1) is 0 Å². The quantitative estimate of drug-likeness (QED) is 0.683. The van der Waals surface area contributed by atoms with Crippen LogP contribution in [-0.2, 0) is 4.79 Å². The van der Waals surface area contributed by atoms with E-state index in [-0.39, 0.29) is 5.92 Å². The monoisotopic (exact) mass is 307 g/mol. The van der Waals surface area contributed by atoms with Gasteiger partial charge in [-0.1, -0.05) is 46.5 Å². The molecule has 0 N–H and O–H groups in total. The number of rotatable bonds is 3. The molecule has 2 heteroatoms. The topological polar surface area (TPSA) is 20.3 Å². The van der Waals surface area contributed by atoms with Gasteiger partial charge >= 0.3 is 0 Å². The minimum Gasteiger partial charge on any atom is -0.337 e. The van der Waals surface area contributed by atoms with E-state index >= 15 is 0 Å². The van der Waals surface area contributed by atoms with Gasteiger partial charge in [-0.2, -0.15) is 0 Å². The van der Waals surface area contributed by atoms with Crippen molar-refractivity contribution < 1.29 is 4.79 Å². The van der Waals surface area contributed by atoms with Crippen molar-refractivity contribution in [2.45, 2.75) is 104 Å². The number of nitrogens with zero attached hydrogens (tertiary/aromatic N) is 1. The molecule has 0 aromatic rings. The zero-order valence-electron chi connectivity index (χ0n) is 15.5. The maximum atomic E-state index is 13.0. The molecule has 3 atom stereocenters. The van der Waals surface area contributed by atoms with Gasteiger partial charge in [0, 0.05) is 18.0 Å². The third kappa shape index (κ3) is 4.06. The van der Waals surface area contributed by atoms with Crippen molar-refractivity contribution in [1.29, 1.82) is 0 Å². The second kappa shape index (κ2) is 7.36. The number of piperidine rings is 1. The summed E-state index contributed by atoms with van der Waals surface area (Å²) in [7, 11) is 0. The fourth-order valence-electron chi connectivity index (χ4n) is 4.99. The predicted molar refractivity (Wildman–Crippen MR) is 93.8 cm³/mol.